The fraction of sp³-hybridized carbons (Fsp3) is 0.478. The van der Waals surface area contributed by atoms with Crippen LogP contribution in [0.15, 0.2) is 54.2 Å². The summed E-state index contributed by atoms with van der Waals surface area (Å²) >= 11 is 0. The van der Waals surface area contributed by atoms with E-state index in [1.54, 1.807) is 7.11 Å². The van der Waals surface area contributed by atoms with Gasteiger partial charge in [0.2, 0.25) is 0 Å². The third-order valence-corrected chi connectivity index (χ3v) is 5.38. The summed E-state index contributed by atoms with van der Waals surface area (Å²) in [5.41, 5.74) is 5.96. The third kappa shape index (κ3) is 3.50. The first-order chi connectivity index (χ1) is 11.7. The quantitative estimate of drug-likeness (QED) is 0.619. The normalized spacial score (nSPS) is 25.5. The average molecular weight is 325 g/mol. The second-order valence-corrected chi connectivity index (χ2v) is 6.66. The Balaban J connectivity index is 0.00000100. The molecule has 3 rings (SSSR count). The molecule has 0 saturated carbocycles. The van der Waals surface area contributed by atoms with Gasteiger partial charge in [-0.3, -0.25) is 0 Å². The van der Waals surface area contributed by atoms with Crippen LogP contribution >= 0.6 is 0 Å². The zero-order valence-electron chi connectivity index (χ0n) is 15.9. The molecule has 0 saturated heterocycles. The Bertz CT molecular complexity index is 635. The molecule has 0 fully saturated rings. The zero-order valence-corrected chi connectivity index (χ0v) is 15.9. The predicted octanol–water partition coefficient (Wildman–Crippen LogP) is 6.47. The van der Waals surface area contributed by atoms with Gasteiger partial charge in [-0.25, -0.2) is 0 Å². The third-order valence-electron chi connectivity index (χ3n) is 5.38. The summed E-state index contributed by atoms with van der Waals surface area (Å²) in [6, 6.07) is 6.62. The predicted molar refractivity (Wildman–Crippen MR) is 105 cm³/mol. The van der Waals surface area contributed by atoms with E-state index >= 15 is 0 Å². The lowest BCUT2D eigenvalue weighted by Crippen LogP contribution is -2.12. The molecule has 0 N–H and O–H groups in total. The van der Waals surface area contributed by atoms with E-state index in [4.69, 9.17) is 4.74 Å². The van der Waals surface area contributed by atoms with Gasteiger partial charge < -0.3 is 4.74 Å². The van der Waals surface area contributed by atoms with Gasteiger partial charge in [0.25, 0.3) is 0 Å². The number of hydrogen-bond donors (Lipinski definition) is 0. The van der Waals surface area contributed by atoms with Crippen molar-refractivity contribution < 1.29 is 4.74 Å². The molecule has 2 aliphatic rings. The van der Waals surface area contributed by atoms with Gasteiger partial charge in [0, 0.05) is 0 Å². The first-order valence-electron chi connectivity index (χ1n) is 9.32. The van der Waals surface area contributed by atoms with Gasteiger partial charge in [-0.15, -0.1) is 0 Å². The van der Waals surface area contributed by atoms with Crippen molar-refractivity contribution in [3.8, 4) is 5.75 Å². The fourth-order valence-electron chi connectivity index (χ4n) is 4.34. The van der Waals surface area contributed by atoms with Crippen LogP contribution in [0.5, 0.6) is 5.75 Å². The summed E-state index contributed by atoms with van der Waals surface area (Å²) in [5.74, 6) is 2.95. The lowest BCUT2D eigenvalue weighted by atomic mass is 9.84. The van der Waals surface area contributed by atoms with Crippen LogP contribution in [-0.2, 0) is 6.42 Å². The van der Waals surface area contributed by atoms with E-state index < -0.39 is 0 Å². The molecule has 1 heteroatoms. The van der Waals surface area contributed by atoms with Gasteiger partial charge in [-0.05, 0) is 78.3 Å². The summed E-state index contributed by atoms with van der Waals surface area (Å²) in [7, 11) is 1.75. The number of methoxy groups -OCH3 is 1. The summed E-state index contributed by atoms with van der Waals surface area (Å²) in [6.07, 6.45) is 10.1. The summed E-state index contributed by atoms with van der Waals surface area (Å²) < 4.78 is 5.43. The Morgan fingerprint density at radius 3 is 2.58 bits per heavy atom. The van der Waals surface area contributed by atoms with Gasteiger partial charge in [0.1, 0.15) is 5.75 Å². The molecule has 0 amide bonds. The van der Waals surface area contributed by atoms with Gasteiger partial charge >= 0.3 is 0 Å². The molecule has 0 radical (unpaired) electrons. The molecule has 24 heavy (non-hydrogen) atoms. The molecule has 0 spiro atoms. The van der Waals surface area contributed by atoms with Crippen molar-refractivity contribution in [2.75, 3.05) is 7.11 Å². The lowest BCUT2D eigenvalue weighted by molar-refractivity contribution is 0.385. The molecule has 1 nitrogen and oxygen atoms in total. The maximum absolute atomic E-state index is 5.43. The first-order valence-corrected chi connectivity index (χ1v) is 9.32. The number of hydrogen-bond acceptors (Lipinski definition) is 1. The van der Waals surface area contributed by atoms with Gasteiger partial charge in [-0.2, -0.15) is 0 Å². The second kappa shape index (κ2) is 8.37. The van der Waals surface area contributed by atoms with Gasteiger partial charge in [0.15, 0.2) is 0 Å². The van der Waals surface area contributed by atoms with E-state index in [2.05, 4.69) is 56.9 Å². The van der Waals surface area contributed by atoms with Crippen LogP contribution in [0.4, 0.5) is 0 Å². The highest BCUT2D eigenvalue weighted by Gasteiger charge is 2.36. The highest BCUT2D eigenvalue weighted by atomic mass is 16.5. The summed E-state index contributed by atoms with van der Waals surface area (Å²) in [4.78, 5) is 0. The van der Waals surface area contributed by atoms with Crippen LogP contribution in [0.1, 0.15) is 57.6 Å². The Hall–Kier alpha value is -1.76. The monoisotopic (exact) mass is 324 g/mol. The van der Waals surface area contributed by atoms with E-state index in [0.29, 0.717) is 17.8 Å². The van der Waals surface area contributed by atoms with Crippen molar-refractivity contribution in [2.24, 2.45) is 11.8 Å². The largest absolute Gasteiger partial charge is 0.497 e. The van der Waals surface area contributed by atoms with E-state index in [1.165, 1.54) is 28.7 Å². The van der Waals surface area contributed by atoms with Gasteiger partial charge in [-0.1, -0.05) is 51.6 Å². The summed E-state index contributed by atoms with van der Waals surface area (Å²) in [6.45, 7) is 12.5. The van der Waals surface area contributed by atoms with Crippen molar-refractivity contribution in [1.29, 1.82) is 0 Å². The molecule has 2 aliphatic carbocycles. The molecule has 0 bridgehead atoms. The van der Waals surface area contributed by atoms with Crippen LogP contribution in [0.2, 0.25) is 0 Å². The minimum Gasteiger partial charge on any atom is -0.497 e. The van der Waals surface area contributed by atoms with E-state index in [0.717, 1.165) is 18.6 Å². The highest BCUT2D eigenvalue weighted by Crippen LogP contribution is 2.48. The summed E-state index contributed by atoms with van der Waals surface area (Å²) in [5, 5.41) is 0. The van der Waals surface area contributed by atoms with Crippen molar-refractivity contribution >= 4 is 0 Å². The lowest BCUT2D eigenvalue weighted by Gasteiger charge is -2.20. The van der Waals surface area contributed by atoms with Crippen LogP contribution in [0, 0.1) is 11.8 Å². The fourth-order valence-corrected chi connectivity index (χ4v) is 4.34. The molecular formula is C23H32O. The molecule has 0 aliphatic heterocycles. The average Bonchev–Trinajstić information content (AvgIpc) is 2.86. The Morgan fingerprint density at radius 1 is 1.21 bits per heavy atom. The number of ether oxygens (including phenoxy) is 1. The standard InChI is InChI=1S/C21H26O.C2H6/c1-5-7-20-15(6-2)11-16-12-17-13-18(22-4)8-9-19(17)14(3)10-21(16)20;1-2/h5-9,13-14,16,21H,2,10-12H2,1,3-4H3;1-2H3/b7-5-;. The smallest absolute Gasteiger partial charge is 0.119 e. The van der Waals surface area contributed by atoms with Crippen LogP contribution in [-0.4, -0.2) is 7.11 Å². The van der Waals surface area contributed by atoms with Crippen molar-refractivity contribution in [1.82, 2.24) is 0 Å². The first kappa shape index (κ1) is 18.6. The van der Waals surface area contributed by atoms with Gasteiger partial charge in [0.05, 0.1) is 7.11 Å². The zero-order chi connectivity index (χ0) is 17.7. The molecule has 130 valence electrons. The molecular weight excluding hydrogens is 292 g/mol. The maximum atomic E-state index is 5.43. The Kier molecular flexibility index (Phi) is 6.48. The van der Waals surface area contributed by atoms with E-state index in [1.807, 2.05) is 13.8 Å². The molecule has 0 heterocycles. The second-order valence-electron chi connectivity index (χ2n) is 6.66. The molecule has 1 aromatic carbocycles. The Labute approximate surface area is 148 Å². The van der Waals surface area contributed by atoms with Crippen LogP contribution < -0.4 is 4.74 Å². The van der Waals surface area contributed by atoms with Crippen LogP contribution in [0.3, 0.4) is 0 Å². The van der Waals surface area contributed by atoms with Crippen molar-refractivity contribution in [3.05, 3.63) is 65.3 Å². The van der Waals surface area contributed by atoms with E-state index in [9.17, 15) is 0 Å². The highest BCUT2D eigenvalue weighted by molar-refractivity contribution is 5.44. The number of rotatable bonds is 3. The number of allylic oxidation sites excluding steroid dienone is 5. The number of benzene rings is 1. The Morgan fingerprint density at radius 2 is 1.96 bits per heavy atom. The van der Waals surface area contributed by atoms with E-state index in [-0.39, 0.29) is 0 Å². The van der Waals surface area contributed by atoms with Crippen molar-refractivity contribution in [2.45, 2.75) is 52.9 Å². The SMILES string of the molecule is C=CC1=C(/C=C\C)C2CC(C)c3ccc(OC)cc3CC2C1.CC. The minimum atomic E-state index is 0.598. The molecule has 1 aromatic rings. The van der Waals surface area contributed by atoms with Crippen molar-refractivity contribution in [3.63, 3.8) is 0 Å². The topological polar surface area (TPSA) is 9.23 Å². The molecule has 3 atom stereocenters. The van der Waals surface area contributed by atoms with Crippen LogP contribution in [0.25, 0.3) is 0 Å². The maximum Gasteiger partial charge on any atom is 0.119 e. The number of fused-ring (bicyclic) bond motifs is 2. The molecule has 0 aromatic heterocycles. The molecule has 3 unspecified atom stereocenters. The minimum absolute atomic E-state index is 0.598.